The number of aryl methyl sites for hydroxylation is 4. The van der Waals surface area contributed by atoms with Gasteiger partial charge < -0.3 is 4.57 Å². The third-order valence-corrected chi connectivity index (χ3v) is 5.26. The van der Waals surface area contributed by atoms with E-state index in [1.54, 1.807) is 11.3 Å². The van der Waals surface area contributed by atoms with Gasteiger partial charge in [-0.25, -0.2) is 0 Å². The normalized spacial score (nSPS) is 12.1. The summed E-state index contributed by atoms with van der Waals surface area (Å²) in [6.45, 7) is 9.08. The minimum atomic E-state index is -0.0903. The van der Waals surface area contributed by atoms with Crippen LogP contribution in [0.25, 0.3) is 10.2 Å². The summed E-state index contributed by atoms with van der Waals surface area (Å²) in [5, 5.41) is 0. The molecule has 0 saturated carbocycles. The number of thiazole rings is 1. The highest BCUT2D eigenvalue weighted by atomic mass is 32.1. The molecule has 0 fully saturated rings. The number of fused-ring (bicyclic) bond motifs is 1. The van der Waals surface area contributed by atoms with Crippen molar-refractivity contribution in [3.8, 4) is 0 Å². The van der Waals surface area contributed by atoms with Gasteiger partial charge >= 0.3 is 0 Å². The molecule has 0 spiro atoms. The molecule has 124 valence electrons. The molecule has 0 aliphatic rings. The lowest BCUT2D eigenvalue weighted by molar-refractivity contribution is -0.117. The summed E-state index contributed by atoms with van der Waals surface area (Å²) in [5.41, 5.74) is 5.78. The Kier molecular flexibility index (Phi) is 4.67. The number of amides is 1. The number of carbonyl (C=O) groups is 1. The smallest absolute Gasteiger partial charge is 0.252 e. The SMILES string of the molecule is CCn1c(=NC(=O)Cc2ccc(C)cc2C)sc2cc(C)ccc21. The van der Waals surface area contributed by atoms with Crippen LogP contribution in [0.15, 0.2) is 41.4 Å². The molecule has 1 heterocycles. The number of benzene rings is 2. The van der Waals surface area contributed by atoms with Crippen LogP contribution in [0, 0.1) is 20.8 Å². The van der Waals surface area contributed by atoms with E-state index in [1.807, 2.05) is 19.1 Å². The lowest BCUT2D eigenvalue weighted by Gasteiger charge is -2.04. The van der Waals surface area contributed by atoms with Gasteiger partial charge in [-0.3, -0.25) is 4.79 Å². The van der Waals surface area contributed by atoms with Crippen LogP contribution < -0.4 is 4.80 Å². The van der Waals surface area contributed by atoms with Gasteiger partial charge in [-0.2, -0.15) is 4.99 Å². The Hall–Kier alpha value is -2.20. The molecular formula is C20H22N2OS. The van der Waals surface area contributed by atoms with Crippen LogP contribution >= 0.6 is 11.3 Å². The Morgan fingerprint density at radius 2 is 1.79 bits per heavy atom. The number of aromatic nitrogens is 1. The number of hydrogen-bond donors (Lipinski definition) is 0. The fourth-order valence-corrected chi connectivity index (χ4v) is 4.13. The standard InChI is InChI=1S/C20H22N2OS/c1-5-22-17-9-7-14(3)11-18(17)24-20(22)21-19(23)12-16-8-6-13(2)10-15(16)4/h6-11H,5,12H2,1-4H3. The van der Waals surface area contributed by atoms with Gasteiger partial charge in [0, 0.05) is 6.54 Å². The average molecular weight is 338 g/mol. The zero-order chi connectivity index (χ0) is 17.3. The van der Waals surface area contributed by atoms with E-state index in [0.29, 0.717) is 6.42 Å². The van der Waals surface area contributed by atoms with Crippen LogP contribution in [-0.4, -0.2) is 10.5 Å². The molecule has 3 nitrogen and oxygen atoms in total. The zero-order valence-electron chi connectivity index (χ0n) is 14.6. The Morgan fingerprint density at radius 3 is 2.50 bits per heavy atom. The van der Waals surface area contributed by atoms with Gasteiger partial charge in [0.2, 0.25) is 0 Å². The van der Waals surface area contributed by atoms with Crippen LogP contribution in [0.3, 0.4) is 0 Å². The van der Waals surface area contributed by atoms with E-state index in [4.69, 9.17) is 0 Å². The maximum Gasteiger partial charge on any atom is 0.252 e. The highest BCUT2D eigenvalue weighted by molar-refractivity contribution is 7.16. The fourth-order valence-electron chi connectivity index (χ4n) is 2.92. The average Bonchev–Trinajstić information content (AvgIpc) is 2.86. The van der Waals surface area contributed by atoms with E-state index >= 15 is 0 Å². The van der Waals surface area contributed by atoms with Crippen molar-refractivity contribution in [3.63, 3.8) is 0 Å². The highest BCUT2D eigenvalue weighted by Crippen LogP contribution is 2.19. The second kappa shape index (κ2) is 6.73. The summed E-state index contributed by atoms with van der Waals surface area (Å²) in [5.74, 6) is -0.0903. The molecule has 0 N–H and O–H groups in total. The molecule has 0 saturated heterocycles. The first-order valence-electron chi connectivity index (χ1n) is 8.21. The molecule has 0 bridgehead atoms. The third-order valence-electron chi connectivity index (χ3n) is 4.21. The lowest BCUT2D eigenvalue weighted by atomic mass is 10.0. The monoisotopic (exact) mass is 338 g/mol. The maximum atomic E-state index is 12.5. The molecule has 24 heavy (non-hydrogen) atoms. The topological polar surface area (TPSA) is 34.4 Å². The first-order valence-corrected chi connectivity index (χ1v) is 9.03. The minimum absolute atomic E-state index is 0.0903. The van der Waals surface area contributed by atoms with Crippen molar-refractivity contribution < 1.29 is 4.79 Å². The second-order valence-electron chi connectivity index (χ2n) is 6.21. The van der Waals surface area contributed by atoms with Crippen LogP contribution in [0.5, 0.6) is 0 Å². The number of hydrogen-bond acceptors (Lipinski definition) is 2. The van der Waals surface area contributed by atoms with Crippen molar-refractivity contribution in [2.75, 3.05) is 0 Å². The molecular weight excluding hydrogens is 316 g/mol. The van der Waals surface area contributed by atoms with Crippen molar-refractivity contribution in [1.82, 2.24) is 4.57 Å². The summed E-state index contributed by atoms with van der Waals surface area (Å²) in [4.78, 5) is 17.6. The van der Waals surface area contributed by atoms with Crippen molar-refractivity contribution in [2.45, 2.75) is 40.7 Å². The van der Waals surface area contributed by atoms with Crippen molar-refractivity contribution >= 4 is 27.5 Å². The predicted octanol–water partition coefficient (Wildman–Crippen LogP) is 4.32. The number of carbonyl (C=O) groups excluding carboxylic acids is 1. The first kappa shape index (κ1) is 16.7. The van der Waals surface area contributed by atoms with Gasteiger partial charge in [0.05, 0.1) is 16.6 Å². The van der Waals surface area contributed by atoms with Crippen LogP contribution in [-0.2, 0) is 17.8 Å². The van der Waals surface area contributed by atoms with Crippen LogP contribution in [0.1, 0.15) is 29.2 Å². The molecule has 0 radical (unpaired) electrons. The molecule has 2 aromatic carbocycles. The first-order chi connectivity index (χ1) is 11.5. The molecule has 4 heteroatoms. The molecule has 1 aromatic heterocycles. The summed E-state index contributed by atoms with van der Waals surface area (Å²) < 4.78 is 3.29. The number of nitrogens with zero attached hydrogens (tertiary/aromatic N) is 2. The molecule has 3 rings (SSSR count). The highest BCUT2D eigenvalue weighted by Gasteiger charge is 2.09. The molecule has 1 amide bonds. The maximum absolute atomic E-state index is 12.5. The summed E-state index contributed by atoms with van der Waals surface area (Å²) in [6, 6.07) is 12.5. The Bertz CT molecular complexity index is 979. The van der Waals surface area contributed by atoms with Crippen molar-refractivity contribution in [2.24, 2.45) is 4.99 Å². The van der Waals surface area contributed by atoms with Crippen molar-refractivity contribution in [1.29, 1.82) is 0 Å². The summed E-state index contributed by atoms with van der Waals surface area (Å²) in [6.07, 6.45) is 0.350. The molecule has 0 unspecified atom stereocenters. The van der Waals surface area contributed by atoms with Gasteiger partial charge in [-0.15, -0.1) is 0 Å². The third kappa shape index (κ3) is 3.34. The Balaban J connectivity index is 1.98. The largest absolute Gasteiger partial charge is 0.317 e. The Labute approximate surface area is 146 Å². The number of rotatable bonds is 3. The predicted molar refractivity (Wildman–Crippen MR) is 100 cm³/mol. The van der Waals surface area contributed by atoms with E-state index < -0.39 is 0 Å². The zero-order valence-corrected chi connectivity index (χ0v) is 15.4. The van der Waals surface area contributed by atoms with E-state index in [9.17, 15) is 4.79 Å². The molecule has 0 aliphatic carbocycles. The minimum Gasteiger partial charge on any atom is -0.317 e. The van der Waals surface area contributed by atoms with Crippen LogP contribution in [0.2, 0.25) is 0 Å². The van der Waals surface area contributed by atoms with E-state index in [1.165, 1.54) is 15.8 Å². The fraction of sp³-hybridized carbons (Fsp3) is 0.300. The molecule has 3 aromatic rings. The second-order valence-corrected chi connectivity index (χ2v) is 7.22. The van der Waals surface area contributed by atoms with Gasteiger partial charge in [-0.05, 0) is 56.5 Å². The molecule has 0 aliphatic heterocycles. The summed E-state index contributed by atoms with van der Waals surface area (Å²) >= 11 is 1.58. The van der Waals surface area contributed by atoms with Gasteiger partial charge in [0.15, 0.2) is 4.80 Å². The van der Waals surface area contributed by atoms with E-state index in [0.717, 1.165) is 28.0 Å². The Morgan fingerprint density at radius 1 is 1.08 bits per heavy atom. The molecule has 0 atom stereocenters. The van der Waals surface area contributed by atoms with Gasteiger partial charge in [0.1, 0.15) is 0 Å². The van der Waals surface area contributed by atoms with Crippen LogP contribution in [0.4, 0.5) is 0 Å². The van der Waals surface area contributed by atoms with Gasteiger partial charge in [-0.1, -0.05) is 41.2 Å². The lowest BCUT2D eigenvalue weighted by Crippen LogP contribution is -2.16. The summed E-state index contributed by atoms with van der Waals surface area (Å²) in [7, 11) is 0. The quantitative estimate of drug-likeness (QED) is 0.700. The van der Waals surface area contributed by atoms with E-state index in [2.05, 4.69) is 54.6 Å². The van der Waals surface area contributed by atoms with Gasteiger partial charge in [0.25, 0.3) is 5.91 Å². The van der Waals surface area contributed by atoms with E-state index in [-0.39, 0.29) is 5.91 Å². The van der Waals surface area contributed by atoms with Crippen molar-refractivity contribution in [3.05, 3.63) is 63.5 Å².